The summed E-state index contributed by atoms with van der Waals surface area (Å²) in [5, 5.41) is 11.1. The highest BCUT2D eigenvalue weighted by Gasteiger charge is 2.18. The molecule has 0 aliphatic carbocycles. The molecule has 0 radical (unpaired) electrons. The van der Waals surface area contributed by atoms with Crippen LogP contribution in [0.5, 0.6) is 0 Å². The molecular weight excluding hydrogens is 342 g/mol. The smallest absolute Gasteiger partial charge is 0.270 e. The summed E-state index contributed by atoms with van der Waals surface area (Å²) < 4.78 is 10.8. The molecule has 1 amide bonds. The van der Waals surface area contributed by atoms with Crippen LogP contribution in [0.2, 0.25) is 0 Å². The van der Waals surface area contributed by atoms with Crippen molar-refractivity contribution in [1.29, 1.82) is 5.41 Å². The fourth-order valence-corrected chi connectivity index (χ4v) is 3.49. The van der Waals surface area contributed by atoms with Crippen LogP contribution in [0, 0.1) is 25.2 Å². The first kappa shape index (κ1) is 19.3. The molecule has 1 aromatic carbocycles. The number of amides is 1. The SMILES string of the molecule is Cc1nc(CNC(=O)C(=N)c2ccccc2CCC2CCOCC2)c(C)o1.[HH]. The van der Waals surface area contributed by atoms with E-state index in [2.05, 4.69) is 10.3 Å². The summed E-state index contributed by atoms with van der Waals surface area (Å²) in [6.45, 7) is 5.53. The van der Waals surface area contributed by atoms with Gasteiger partial charge >= 0.3 is 0 Å². The van der Waals surface area contributed by atoms with E-state index in [1.165, 1.54) is 0 Å². The number of oxazole rings is 1. The normalized spacial score (nSPS) is 14.9. The Morgan fingerprint density at radius 3 is 2.74 bits per heavy atom. The van der Waals surface area contributed by atoms with Crippen molar-refractivity contribution in [3.8, 4) is 0 Å². The lowest BCUT2D eigenvalue weighted by Crippen LogP contribution is -2.31. The van der Waals surface area contributed by atoms with Crippen LogP contribution in [0.4, 0.5) is 0 Å². The van der Waals surface area contributed by atoms with Crippen molar-refractivity contribution in [1.82, 2.24) is 10.3 Å². The molecule has 6 heteroatoms. The van der Waals surface area contributed by atoms with Gasteiger partial charge in [-0.2, -0.15) is 0 Å². The molecule has 0 bridgehead atoms. The molecule has 2 heterocycles. The van der Waals surface area contributed by atoms with Crippen LogP contribution < -0.4 is 5.32 Å². The maximum atomic E-state index is 12.5. The summed E-state index contributed by atoms with van der Waals surface area (Å²) in [6.07, 6.45) is 4.12. The third-order valence-corrected chi connectivity index (χ3v) is 5.09. The zero-order valence-corrected chi connectivity index (χ0v) is 16.0. The van der Waals surface area contributed by atoms with Gasteiger partial charge in [0.25, 0.3) is 5.91 Å². The van der Waals surface area contributed by atoms with Crippen molar-refractivity contribution >= 4 is 11.6 Å². The van der Waals surface area contributed by atoms with Gasteiger partial charge < -0.3 is 14.5 Å². The summed E-state index contributed by atoms with van der Waals surface area (Å²) in [7, 11) is 0. The van der Waals surface area contributed by atoms with Crippen LogP contribution in [-0.4, -0.2) is 29.8 Å². The number of aromatic nitrogens is 1. The minimum Gasteiger partial charge on any atom is -0.446 e. The van der Waals surface area contributed by atoms with Gasteiger partial charge in [-0.1, -0.05) is 24.3 Å². The maximum absolute atomic E-state index is 12.5. The summed E-state index contributed by atoms with van der Waals surface area (Å²) in [6, 6.07) is 7.71. The minimum atomic E-state index is -0.395. The Labute approximate surface area is 161 Å². The van der Waals surface area contributed by atoms with E-state index in [0.29, 0.717) is 28.8 Å². The van der Waals surface area contributed by atoms with Crippen molar-refractivity contribution in [2.45, 2.75) is 46.1 Å². The van der Waals surface area contributed by atoms with E-state index < -0.39 is 5.91 Å². The quantitative estimate of drug-likeness (QED) is 0.728. The van der Waals surface area contributed by atoms with Gasteiger partial charge in [0.1, 0.15) is 17.2 Å². The number of nitrogens with one attached hydrogen (secondary N) is 2. The van der Waals surface area contributed by atoms with Gasteiger partial charge in [0, 0.05) is 27.1 Å². The van der Waals surface area contributed by atoms with Crippen LogP contribution in [0.15, 0.2) is 28.7 Å². The first-order valence-corrected chi connectivity index (χ1v) is 9.50. The predicted octanol–water partition coefficient (Wildman–Crippen LogP) is 3.58. The first-order chi connectivity index (χ1) is 13.0. The fraction of sp³-hybridized carbons (Fsp3) is 0.476. The number of benzene rings is 1. The van der Waals surface area contributed by atoms with Crippen molar-refractivity contribution in [2.24, 2.45) is 5.92 Å². The number of ether oxygens (including phenoxy) is 1. The van der Waals surface area contributed by atoms with E-state index in [1.54, 1.807) is 6.92 Å². The third-order valence-electron chi connectivity index (χ3n) is 5.09. The number of aryl methyl sites for hydroxylation is 3. The van der Waals surface area contributed by atoms with Gasteiger partial charge in [-0.3, -0.25) is 10.2 Å². The summed E-state index contributed by atoms with van der Waals surface area (Å²) >= 11 is 0. The standard InChI is InChI=1S/C21H27N3O3.H2/c1-14-19(24-15(2)27-14)13-23-21(25)20(22)18-6-4-3-5-17(18)8-7-16-9-11-26-12-10-16;/h3-6,16,22H,7-13H2,1-2H3,(H,23,25);1H. The van der Waals surface area contributed by atoms with E-state index in [4.69, 9.17) is 14.6 Å². The highest BCUT2D eigenvalue weighted by molar-refractivity contribution is 6.44. The number of carbonyl (C=O) groups is 1. The predicted molar refractivity (Wildman–Crippen MR) is 105 cm³/mol. The largest absolute Gasteiger partial charge is 0.446 e. The monoisotopic (exact) mass is 371 g/mol. The molecule has 1 aliphatic heterocycles. The Morgan fingerprint density at radius 2 is 2.04 bits per heavy atom. The Bertz CT molecular complexity index is 813. The average molecular weight is 371 g/mol. The van der Waals surface area contributed by atoms with Crippen LogP contribution in [-0.2, 0) is 22.5 Å². The van der Waals surface area contributed by atoms with Gasteiger partial charge in [0.05, 0.1) is 6.54 Å². The molecule has 2 N–H and O–H groups in total. The fourth-order valence-electron chi connectivity index (χ4n) is 3.49. The molecule has 0 atom stereocenters. The molecule has 3 rings (SSSR count). The van der Waals surface area contributed by atoms with E-state index in [-0.39, 0.29) is 13.7 Å². The second kappa shape index (κ2) is 8.95. The topological polar surface area (TPSA) is 88.2 Å². The van der Waals surface area contributed by atoms with Gasteiger partial charge in [0.2, 0.25) is 0 Å². The van der Waals surface area contributed by atoms with E-state index in [9.17, 15) is 4.79 Å². The Kier molecular flexibility index (Phi) is 6.40. The zero-order valence-electron chi connectivity index (χ0n) is 16.0. The molecule has 2 aromatic rings. The van der Waals surface area contributed by atoms with Crippen LogP contribution in [0.3, 0.4) is 0 Å². The number of rotatable bonds is 7. The van der Waals surface area contributed by atoms with Crippen molar-refractivity contribution in [2.75, 3.05) is 13.2 Å². The molecule has 0 spiro atoms. The van der Waals surface area contributed by atoms with Crippen LogP contribution in [0.1, 0.15) is 49.2 Å². The van der Waals surface area contributed by atoms with Gasteiger partial charge in [0.15, 0.2) is 5.89 Å². The van der Waals surface area contributed by atoms with E-state index in [1.807, 2.05) is 31.2 Å². The molecular formula is C21H29N3O3. The number of hydrogen-bond acceptors (Lipinski definition) is 5. The lowest BCUT2D eigenvalue weighted by molar-refractivity contribution is -0.115. The van der Waals surface area contributed by atoms with Crippen molar-refractivity contribution in [3.63, 3.8) is 0 Å². The molecule has 27 heavy (non-hydrogen) atoms. The average Bonchev–Trinajstić information content (AvgIpc) is 3.02. The number of nitrogens with zero attached hydrogens (tertiary/aromatic N) is 1. The number of hydrogen-bond donors (Lipinski definition) is 2. The summed E-state index contributed by atoms with van der Waals surface area (Å²) in [5.41, 5.74) is 2.45. The highest BCUT2D eigenvalue weighted by Crippen LogP contribution is 2.22. The lowest BCUT2D eigenvalue weighted by atomic mass is 9.90. The third kappa shape index (κ3) is 5.04. The molecule has 1 saturated heterocycles. The highest BCUT2D eigenvalue weighted by atomic mass is 16.5. The van der Waals surface area contributed by atoms with Crippen molar-refractivity contribution < 1.29 is 15.4 Å². The molecule has 6 nitrogen and oxygen atoms in total. The van der Waals surface area contributed by atoms with E-state index >= 15 is 0 Å². The van der Waals surface area contributed by atoms with E-state index in [0.717, 1.165) is 44.5 Å². The van der Waals surface area contributed by atoms with Crippen molar-refractivity contribution in [3.05, 3.63) is 52.7 Å². The van der Waals surface area contributed by atoms with Gasteiger partial charge in [-0.15, -0.1) is 0 Å². The first-order valence-electron chi connectivity index (χ1n) is 9.50. The Hall–Kier alpha value is -2.47. The summed E-state index contributed by atoms with van der Waals surface area (Å²) in [5.74, 6) is 1.53. The number of carbonyl (C=O) groups excluding carboxylic acids is 1. The Morgan fingerprint density at radius 1 is 1.30 bits per heavy atom. The minimum absolute atomic E-state index is 0. The second-order valence-corrected chi connectivity index (χ2v) is 7.05. The Balaban J connectivity index is 0.00000280. The van der Waals surface area contributed by atoms with Gasteiger partial charge in [-0.05, 0) is 44.1 Å². The molecule has 1 fully saturated rings. The molecule has 0 saturated carbocycles. The molecule has 1 aromatic heterocycles. The van der Waals surface area contributed by atoms with Crippen LogP contribution in [0.25, 0.3) is 0 Å². The van der Waals surface area contributed by atoms with Crippen LogP contribution >= 0.6 is 0 Å². The molecule has 1 aliphatic rings. The molecule has 0 unspecified atom stereocenters. The maximum Gasteiger partial charge on any atom is 0.270 e. The van der Waals surface area contributed by atoms with Gasteiger partial charge in [-0.25, -0.2) is 4.98 Å². The second-order valence-electron chi connectivity index (χ2n) is 7.05. The zero-order chi connectivity index (χ0) is 19.2. The lowest BCUT2D eigenvalue weighted by Gasteiger charge is -2.22. The molecule has 146 valence electrons. The summed E-state index contributed by atoms with van der Waals surface area (Å²) in [4.78, 5) is 16.7.